The topological polar surface area (TPSA) is 61.8 Å². The lowest BCUT2D eigenvalue weighted by Crippen LogP contribution is -2.57. The van der Waals surface area contributed by atoms with Crippen LogP contribution in [-0.4, -0.2) is 61.9 Å². The van der Waals surface area contributed by atoms with E-state index in [1.54, 1.807) is 0 Å². The normalized spacial score (nSPS) is 29.7. The van der Waals surface area contributed by atoms with Crippen molar-refractivity contribution in [2.45, 2.75) is 18.9 Å². The highest BCUT2D eigenvalue weighted by Gasteiger charge is 2.46. The number of nitrogens with one attached hydrogen (secondary N) is 1. The third-order valence-corrected chi connectivity index (χ3v) is 3.56. The monoisotopic (exact) mass is 228 g/mol. The molecule has 0 aromatic rings. The lowest BCUT2D eigenvalue weighted by atomic mass is 9.85. The first-order valence-electron chi connectivity index (χ1n) is 5.85. The van der Waals surface area contributed by atoms with E-state index in [1.807, 2.05) is 0 Å². The molecule has 2 rings (SSSR count). The van der Waals surface area contributed by atoms with E-state index in [-0.39, 0.29) is 0 Å². The summed E-state index contributed by atoms with van der Waals surface area (Å²) in [7, 11) is 2.10. The molecule has 5 nitrogen and oxygen atoms in total. The largest absolute Gasteiger partial charge is 0.481 e. The Labute approximate surface area is 95.8 Å². The lowest BCUT2D eigenvalue weighted by Gasteiger charge is -2.39. The molecular formula is C11H20N2O3. The van der Waals surface area contributed by atoms with E-state index in [9.17, 15) is 4.79 Å². The smallest absolute Gasteiger partial charge is 0.315 e. The number of ether oxygens (including phenoxy) is 1. The minimum Gasteiger partial charge on any atom is -0.481 e. The highest BCUT2D eigenvalue weighted by molar-refractivity contribution is 5.76. The van der Waals surface area contributed by atoms with Crippen molar-refractivity contribution in [1.29, 1.82) is 0 Å². The number of likely N-dealkylation sites (tertiary alicyclic amines) is 1. The Kier molecular flexibility index (Phi) is 3.47. The van der Waals surface area contributed by atoms with Gasteiger partial charge in [0.2, 0.25) is 0 Å². The molecule has 2 heterocycles. The van der Waals surface area contributed by atoms with Crippen LogP contribution in [0.25, 0.3) is 0 Å². The van der Waals surface area contributed by atoms with Crippen LogP contribution in [0.3, 0.4) is 0 Å². The number of hydrogen-bond acceptors (Lipinski definition) is 4. The second-order valence-corrected chi connectivity index (χ2v) is 5.06. The van der Waals surface area contributed by atoms with Gasteiger partial charge in [-0.2, -0.15) is 0 Å². The van der Waals surface area contributed by atoms with Gasteiger partial charge in [0.25, 0.3) is 0 Å². The van der Waals surface area contributed by atoms with Crippen molar-refractivity contribution < 1.29 is 14.6 Å². The SMILES string of the molecule is CN1CCCC(NCC2(C(=O)O)COC2)C1. The van der Waals surface area contributed by atoms with Crippen LogP contribution < -0.4 is 5.32 Å². The number of carboxylic acids is 1. The van der Waals surface area contributed by atoms with Crippen LogP contribution in [0.5, 0.6) is 0 Å². The van der Waals surface area contributed by atoms with E-state index < -0.39 is 11.4 Å². The summed E-state index contributed by atoms with van der Waals surface area (Å²) >= 11 is 0. The van der Waals surface area contributed by atoms with Crippen molar-refractivity contribution >= 4 is 5.97 Å². The maximum atomic E-state index is 11.1. The molecule has 2 aliphatic heterocycles. The lowest BCUT2D eigenvalue weighted by molar-refractivity contribution is -0.178. The highest BCUT2D eigenvalue weighted by Crippen LogP contribution is 2.27. The van der Waals surface area contributed by atoms with Gasteiger partial charge in [-0.05, 0) is 26.4 Å². The summed E-state index contributed by atoms with van der Waals surface area (Å²) in [5.41, 5.74) is -0.671. The molecule has 0 saturated carbocycles. The predicted octanol–water partition coefficient (Wildman–Crippen LogP) is -0.229. The fourth-order valence-electron chi connectivity index (χ4n) is 2.32. The van der Waals surface area contributed by atoms with Crippen LogP contribution in [0.4, 0.5) is 0 Å². The molecule has 1 unspecified atom stereocenters. The van der Waals surface area contributed by atoms with E-state index >= 15 is 0 Å². The summed E-state index contributed by atoms with van der Waals surface area (Å²) in [6.45, 7) is 3.37. The first kappa shape index (κ1) is 11.8. The fraction of sp³-hybridized carbons (Fsp3) is 0.909. The Morgan fingerprint density at radius 1 is 1.62 bits per heavy atom. The van der Waals surface area contributed by atoms with Gasteiger partial charge in [-0.15, -0.1) is 0 Å². The van der Waals surface area contributed by atoms with Crippen LogP contribution in [0, 0.1) is 5.41 Å². The number of nitrogens with zero attached hydrogens (tertiary/aromatic N) is 1. The third-order valence-electron chi connectivity index (χ3n) is 3.56. The number of carbonyl (C=O) groups is 1. The average molecular weight is 228 g/mol. The average Bonchev–Trinajstić information content (AvgIpc) is 2.15. The summed E-state index contributed by atoms with van der Waals surface area (Å²) in [4.78, 5) is 13.4. The molecule has 2 aliphatic rings. The highest BCUT2D eigenvalue weighted by atomic mass is 16.5. The van der Waals surface area contributed by atoms with Gasteiger partial charge in [0.1, 0.15) is 5.41 Å². The Morgan fingerprint density at radius 2 is 2.38 bits per heavy atom. The molecule has 2 fully saturated rings. The molecule has 2 saturated heterocycles. The zero-order valence-electron chi connectivity index (χ0n) is 9.74. The van der Waals surface area contributed by atoms with Crippen LogP contribution >= 0.6 is 0 Å². The quantitative estimate of drug-likeness (QED) is 0.696. The van der Waals surface area contributed by atoms with Crippen molar-refractivity contribution in [1.82, 2.24) is 10.2 Å². The minimum atomic E-state index is -0.740. The first-order valence-corrected chi connectivity index (χ1v) is 5.85. The van der Waals surface area contributed by atoms with Crippen molar-refractivity contribution in [3.63, 3.8) is 0 Å². The standard InChI is InChI=1S/C11H20N2O3/c1-13-4-2-3-9(5-13)12-6-11(10(14)15)7-16-8-11/h9,12H,2-8H2,1H3,(H,14,15). The van der Waals surface area contributed by atoms with Gasteiger partial charge >= 0.3 is 5.97 Å². The predicted molar refractivity (Wildman–Crippen MR) is 59.4 cm³/mol. The second-order valence-electron chi connectivity index (χ2n) is 5.06. The van der Waals surface area contributed by atoms with Gasteiger partial charge in [0, 0.05) is 19.1 Å². The Balaban J connectivity index is 1.79. The van der Waals surface area contributed by atoms with Crippen LogP contribution in [0.15, 0.2) is 0 Å². The van der Waals surface area contributed by atoms with Gasteiger partial charge < -0.3 is 20.1 Å². The van der Waals surface area contributed by atoms with Gasteiger partial charge in [0.15, 0.2) is 0 Å². The number of carboxylic acid groups (broad SMARTS) is 1. The van der Waals surface area contributed by atoms with E-state index in [1.165, 1.54) is 6.42 Å². The second kappa shape index (κ2) is 4.69. The fourth-order valence-corrected chi connectivity index (χ4v) is 2.32. The minimum absolute atomic E-state index is 0.345. The van der Waals surface area contributed by atoms with E-state index in [2.05, 4.69) is 17.3 Å². The number of piperidine rings is 1. The summed E-state index contributed by atoms with van der Waals surface area (Å²) in [5.74, 6) is -0.740. The summed E-state index contributed by atoms with van der Waals surface area (Å²) in [6, 6.07) is 0.426. The van der Waals surface area contributed by atoms with Crippen LogP contribution in [-0.2, 0) is 9.53 Å². The van der Waals surface area contributed by atoms with Gasteiger partial charge in [-0.1, -0.05) is 0 Å². The molecule has 16 heavy (non-hydrogen) atoms. The van der Waals surface area contributed by atoms with Gasteiger partial charge in [-0.3, -0.25) is 4.79 Å². The summed E-state index contributed by atoms with van der Waals surface area (Å²) in [6.07, 6.45) is 2.33. The Hall–Kier alpha value is -0.650. The van der Waals surface area contributed by atoms with E-state index in [4.69, 9.17) is 9.84 Å². The Morgan fingerprint density at radius 3 is 2.88 bits per heavy atom. The molecular weight excluding hydrogens is 208 g/mol. The molecule has 0 spiro atoms. The van der Waals surface area contributed by atoms with E-state index in [0.717, 1.165) is 19.5 Å². The number of hydrogen-bond donors (Lipinski definition) is 2. The van der Waals surface area contributed by atoms with Gasteiger partial charge in [-0.25, -0.2) is 0 Å². The molecule has 0 aliphatic carbocycles. The third kappa shape index (κ3) is 2.36. The number of aliphatic carboxylic acids is 1. The van der Waals surface area contributed by atoms with Crippen LogP contribution in [0.1, 0.15) is 12.8 Å². The van der Waals surface area contributed by atoms with E-state index in [0.29, 0.717) is 25.8 Å². The first-order chi connectivity index (χ1) is 7.62. The molecule has 0 amide bonds. The van der Waals surface area contributed by atoms with Crippen LogP contribution in [0.2, 0.25) is 0 Å². The molecule has 0 aromatic heterocycles. The zero-order valence-corrected chi connectivity index (χ0v) is 9.74. The van der Waals surface area contributed by atoms with Crippen molar-refractivity contribution in [3.05, 3.63) is 0 Å². The van der Waals surface area contributed by atoms with Crippen molar-refractivity contribution in [3.8, 4) is 0 Å². The zero-order chi connectivity index (χ0) is 11.6. The molecule has 92 valence electrons. The maximum Gasteiger partial charge on any atom is 0.315 e. The molecule has 0 bridgehead atoms. The molecule has 0 aromatic carbocycles. The number of rotatable bonds is 4. The van der Waals surface area contributed by atoms with Crippen molar-refractivity contribution in [2.24, 2.45) is 5.41 Å². The molecule has 2 N–H and O–H groups in total. The van der Waals surface area contributed by atoms with Crippen molar-refractivity contribution in [2.75, 3.05) is 39.9 Å². The maximum absolute atomic E-state index is 11.1. The molecule has 1 atom stereocenters. The summed E-state index contributed by atoms with van der Waals surface area (Å²) in [5, 5.41) is 12.5. The van der Waals surface area contributed by atoms with Gasteiger partial charge in [0.05, 0.1) is 13.2 Å². The Bertz CT molecular complexity index is 266. The number of likely N-dealkylation sites (N-methyl/N-ethyl adjacent to an activating group) is 1. The molecule has 5 heteroatoms. The summed E-state index contributed by atoms with van der Waals surface area (Å²) < 4.78 is 5.03. The molecule has 0 radical (unpaired) electrons.